The number of carboxylic acids is 4. The normalized spacial score (nSPS) is 13.1. The molecule has 0 aliphatic rings. The van der Waals surface area contributed by atoms with Crippen molar-refractivity contribution in [3.63, 3.8) is 0 Å². The van der Waals surface area contributed by atoms with Crippen LogP contribution >= 0.6 is 50.5 Å². The van der Waals surface area contributed by atoms with Crippen LogP contribution in [0.3, 0.4) is 0 Å². The largest absolute Gasteiger partial charge is 0.481 e. The molecule has 0 aromatic carbocycles. The molecule has 0 radical (unpaired) electrons. The van der Waals surface area contributed by atoms with Crippen LogP contribution in [0, 0.1) is 5.41 Å². The summed E-state index contributed by atoms with van der Waals surface area (Å²) in [6.07, 6.45) is 0.568. The van der Waals surface area contributed by atoms with Gasteiger partial charge in [-0.1, -0.05) is 27.7 Å². The molecule has 224 valence electrons. The number of aliphatic carboxylic acids is 4. The fourth-order valence-electron chi connectivity index (χ4n) is 1.31. The number of aliphatic hydroxyl groups excluding tert-OH is 4. The first kappa shape index (κ1) is 46.0. The van der Waals surface area contributed by atoms with Crippen molar-refractivity contribution in [1.82, 2.24) is 0 Å². The van der Waals surface area contributed by atoms with E-state index in [9.17, 15) is 19.2 Å². The highest BCUT2D eigenvalue weighted by Crippen LogP contribution is 2.11. The van der Waals surface area contributed by atoms with E-state index in [4.69, 9.17) is 40.9 Å². The molecule has 4 unspecified atom stereocenters. The minimum Gasteiger partial charge on any atom is -0.481 e. The summed E-state index contributed by atoms with van der Waals surface area (Å²) in [5.74, 6) is -3.16. The second-order valence-electron chi connectivity index (χ2n) is 7.92. The Labute approximate surface area is 240 Å². The molecule has 0 saturated carbocycles. The Kier molecular flexibility index (Phi) is 36.9. The topological polar surface area (TPSA) is 230 Å². The highest BCUT2D eigenvalue weighted by Gasteiger charge is 2.26. The summed E-state index contributed by atoms with van der Waals surface area (Å²) in [5.41, 5.74) is -1.11. The number of carbonyl (C=O) groups is 4. The number of hydrogen-bond donors (Lipinski definition) is 12. The number of thiol groups is 4. The molecule has 0 aromatic heterocycles. The van der Waals surface area contributed by atoms with Crippen LogP contribution in [0.1, 0.15) is 53.4 Å². The zero-order valence-corrected chi connectivity index (χ0v) is 25.0. The zero-order valence-electron chi connectivity index (χ0n) is 21.5. The summed E-state index contributed by atoms with van der Waals surface area (Å²) in [4.78, 5) is 39.0. The lowest BCUT2D eigenvalue weighted by atomic mass is 9.93. The molecular weight excluding hydrogens is 572 g/mol. The van der Waals surface area contributed by atoms with Crippen molar-refractivity contribution in [3.8, 4) is 0 Å². The van der Waals surface area contributed by atoms with E-state index >= 15 is 0 Å². The van der Waals surface area contributed by atoms with Gasteiger partial charge in [-0.25, -0.2) is 0 Å². The summed E-state index contributed by atoms with van der Waals surface area (Å²) < 4.78 is 0. The molecule has 4 atom stereocenters. The van der Waals surface area contributed by atoms with Gasteiger partial charge in [0.25, 0.3) is 0 Å². The standard InChI is InChI=1S/C5H12O4.4C4H8O2S/c6-1-5(2-7,3-8)4-9;4*1-3(7)2-4(5)6/h6-9H,1-4H2;4*3,7H,2H2,1H3,(H,5,6). The van der Waals surface area contributed by atoms with Crippen LogP contribution < -0.4 is 0 Å². The van der Waals surface area contributed by atoms with Gasteiger partial charge in [-0.15, -0.1) is 0 Å². The average Bonchev–Trinajstić information content (AvgIpc) is 2.68. The molecular formula is C21H44O12S4. The number of carboxylic acid groups (broad SMARTS) is 4. The minimum atomic E-state index is -1.11. The van der Waals surface area contributed by atoms with Gasteiger partial charge >= 0.3 is 23.9 Å². The van der Waals surface area contributed by atoms with Crippen molar-refractivity contribution >= 4 is 74.4 Å². The predicted molar refractivity (Wildman–Crippen MR) is 154 cm³/mol. The minimum absolute atomic E-state index is 0.0301. The third kappa shape index (κ3) is 52.4. The van der Waals surface area contributed by atoms with Crippen LogP contribution in [-0.2, 0) is 19.2 Å². The Balaban J connectivity index is -0.000000116. The second-order valence-corrected chi connectivity index (χ2v) is 11.4. The Hall–Kier alpha value is -0.880. The summed E-state index contributed by atoms with van der Waals surface area (Å²) in [6.45, 7) is 5.36. The maximum Gasteiger partial charge on any atom is 0.304 e. The van der Waals surface area contributed by atoms with E-state index in [1.54, 1.807) is 27.7 Å². The quantitative estimate of drug-likeness (QED) is 0.138. The molecule has 0 fully saturated rings. The van der Waals surface area contributed by atoms with Crippen LogP contribution in [0.4, 0.5) is 0 Å². The number of rotatable bonds is 12. The van der Waals surface area contributed by atoms with Gasteiger partial charge in [-0.3, -0.25) is 19.2 Å². The predicted octanol–water partition coefficient (Wildman–Crippen LogP) is 1.06. The summed E-state index contributed by atoms with van der Waals surface area (Å²) in [5, 5.41) is 66.0. The lowest BCUT2D eigenvalue weighted by Gasteiger charge is -2.23. The van der Waals surface area contributed by atoms with Gasteiger partial charge < -0.3 is 40.9 Å². The SMILES string of the molecule is CC(S)CC(=O)O.CC(S)CC(=O)O.CC(S)CC(=O)O.CC(S)CC(=O)O.OCC(CO)(CO)CO. The molecule has 0 bridgehead atoms. The first-order chi connectivity index (χ1) is 16.7. The molecule has 12 nitrogen and oxygen atoms in total. The van der Waals surface area contributed by atoms with Gasteiger partial charge in [0.15, 0.2) is 0 Å². The summed E-state index contributed by atoms with van der Waals surface area (Å²) in [6, 6.07) is 0. The van der Waals surface area contributed by atoms with E-state index in [1.807, 2.05) is 0 Å². The number of hydrogen-bond acceptors (Lipinski definition) is 12. The maximum absolute atomic E-state index is 9.76. The molecule has 0 aromatic rings. The molecule has 0 spiro atoms. The lowest BCUT2D eigenvalue weighted by Crippen LogP contribution is -2.37. The molecule has 0 heterocycles. The molecule has 0 amide bonds. The van der Waals surface area contributed by atoms with E-state index in [2.05, 4.69) is 50.5 Å². The van der Waals surface area contributed by atoms with Crippen molar-refractivity contribution in [2.45, 2.75) is 74.4 Å². The Morgan fingerprint density at radius 2 is 0.622 bits per heavy atom. The van der Waals surface area contributed by atoms with E-state index in [0.29, 0.717) is 0 Å². The van der Waals surface area contributed by atoms with E-state index in [1.165, 1.54) is 0 Å². The van der Waals surface area contributed by atoms with E-state index < -0.39 is 55.7 Å². The van der Waals surface area contributed by atoms with E-state index in [0.717, 1.165) is 0 Å². The molecule has 0 rings (SSSR count). The summed E-state index contributed by atoms with van der Waals surface area (Å²) >= 11 is 15.4. The van der Waals surface area contributed by atoms with Gasteiger partial charge in [0.2, 0.25) is 0 Å². The van der Waals surface area contributed by atoms with E-state index in [-0.39, 0.29) is 46.7 Å². The van der Waals surface area contributed by atoms with Gasteiger partial charge in [-0.05, 0) is 0 Å². The van der Waals surface area contributed by atoms with Crippen molar-refractivity contribution in [2.24, 2.45) is 5.41 Å². The lowest BCUT2D eigenvalue weighted by molar-refractivity contribution is -0.137. The van der Waals surface area contributed by atoms with Crippen LogP contribution in [0.25, 0.3) is 0 Å². The van der Waals surface area contributed by atoms with Crippen molar-refractivity contribution < 1.29 is 60.0 Å². The van der Waals surface area contributed by atoms with Gasteiger partial charge in [0, 0.05) is 21.0 Å². The Bertz CT molecular complexity index is 486. The van der Waals surface area contributed by atoms with Crippen molar-refractivity contribution in [3.05, 3.63) is 0 Å². The third-order valence-electron chi connectivity index (χ3n) is 3.22. The van der Waals surface area contributed by atoms with Crippen LogP contribution in [0.5, 0.6) is 0 Å². The molecule has 0 aliphatic carbocycles. The first-order valence-corrected chi connectivity index (χ1v) is 12.8. The Morgan fingerprint density at radius 1 is 0.486 bits per heavy atom. The fourth-order valence-corrected chi connectivity index (χ4v) is 1.94. The molecule has 0 saturated heterocycles. The second kappa shape index (κ2) is 29.7. The van der Waals surface area contributed by atoms with Gasteiger partial charge in [0.1, 0.15) is 0 Å². The smallest absolute Gasteiger partial charge is 0.304 e. The van der Waals surface area contributed by atoms with Crippen molar-refractivity contribution in [1.29, 1.82) is 0 Å². The molecule has 0 aliphatic heterocycles. The van der Waals surface area contributed by atoms with Gasteiger partial charge in [0.05, 0.1) is 57.5 Å². The monoisotopic (exact) mass is 616 g/mol. The average molecular weight is 617 g/mol. The highest BCUT2D eigenvalue weighted by atomic mass is 32.1. The van der Waals surface area contributed by atoms with Crippen LogP contribution in [0.2, 0.25) is 0 Å². The highest BCUT2D eigenvalue weighted by molar-refractivity contribution is 7.81. The fraction of sp³-hybridized carbons (Fsp3) is 0.810. The first-order valence-electron chi connectivity index (χ1n) is 10.8. The maximum atomic E-state index is 9.76. The van der Waals surface area contributed by atoms with Crippen molar-refractivity contribution in [2.75, 3.05) is 26.4 Å². The summed E-state index contributed by atoms with van der Waals surface area (Å²) in [7, 11) is 0. The van der Waals surface area contributed by atoms with Crippen LogP contribution in [0.15, 0.2) is 0 Å². The molecule has 8 N–H and O–H groups in total. The van der Waals surface area contributed by atoms with Gasteiger partial charge in [-0.2, -0.15) is 50.5 Å². The third-order valence-corrected chi connectivity index (χ3v) is 3.95. The molecule has 16 heteroatoms. The Morgan fingerprint density at radius 3 is 0.622 bits per heavy atom. The number of aliphatic hydroxyl groups is 4. The zero-order chi connectivity index (χ0) is 30.8. The molecule has 37 heavy (non-hydrogen) atoms. The van der Waals surface area contributed by atoms with Crippen LogP contribution in [-0.4, -0.2) is 112 Å².